The van der Waals surface area contributed by atoms with Crippen molar-refractivity contribution in [2.45, 2.75) is 69.6 Å². The van der Waals surface area contributed by atoms with Crippen molar-refractivity contribution in [2.24, 2.45) is 0 Å². The molecule has 0 saturated heterocycles. The monoisotopic (exact) mass is 727 g/mol. The van der Waals surface area contributed by atoms with E-state index < -0.39 is 31.9 Å². The molecule has 1 N–H and O–H groups in total. The third kappa shape index (κ3) is 9.98. The molecule has 51 heavy (non-hydrogen) atoms. The van der Waals surface area contributed by atoms with Crippen LogP contribution in [0.3, 0.4) is 0 Å². The van der Waals surface area contributed by atoms with Crippen LogP contribution in [0.1, 0.15) is 65.4 Å². The summed E-state index contributed by atoms with van der Waals surface area (Å²) in [6.07, 6.45) is 0.00844. The van der Waals surface area contributed by atoms with Crippen molar-refractivity contribution in [3.05, 3.63) is 143 Å². The van der Waals surface area contributed by atoms with Gasteiger partial charge in [-0.2, -0.15) is 11.8 Å². The van der Waals surface area contributed by atoms with Crippen molar-refractivity contribution in [3.8, 4) is 0 Å². The number of carbonyl (C=O) groups is 3. The SMILES string of the molecule is COC(=O)C(CSCc1cccc(C)c1C(=O)OO[Si](C)(C)C(C)(C)C)NC(=O)CCOC(c1ccccc1)(c1ccccc1)c1ccccc1. The van der Waals surface area contributed by atoms with Crippen molar-refractivity contribution < 1.29 is 33.3 Å². The number of nitrogens with one attached hydrogen (secondary N) is 1. The van der Waals surface area contributed by atoms with Gasteiger partial charge in [-0.3, -0.25) is 4.79 Å². The van der Waals surface area contributed by atoms with E-state index in [1.54, 1.807) is 0 Å². The lowest BCUT2D eigenvalue weighted by Crippen LogP contribution is -2.44. The van der Waals surface area contributed by atoms with Gasteiger partial charge in [-0.25, -0.2) is 14.2 Å². The fourth-order valence-electron chi connectivity index (χ4n) is 5.38. The first-order valence-corrected chi connectivity index (χ1v) is 21.1. The van der Waals surface area contributed by atoms with Gasteiger partial charge in [-0.05, 0) is 52.9 Å². The number of ether oxygens (including phenoxy) is 2. The normalized spacial score (nSPS) is 12.5. The molecule has 270 valence electrons. The van der Waals surface area contributed by atoms with E-state index in [-0.39, 0.29) is 29.7 Å². The van der Waals surface area contributed by atoms with Crippen molar-refractivity contribution in [2.75, 3.05) is 19.5 Å². The summed E-state index contributed by atoms with van der Waals surface area (Å²) in [5.74, 6) is -0.840. The number of thioether (sulfide) groups is 1. The molecule has 4 aromatic rings. The highest BCUT2D eigenvalue weighted by Gasteiger charge is 2.41. The third-order valence-corrected chi connectivity index (χ3v) is 14.4. The summed E-state index contributed by atoms with van der Waals surface area (Å²) in [7, 11) is -1.04. The average molecular weight is 728 g/mol. The van der Waals surface area contributed by atoms with Gasteiger partial charge in [0.1, 0.15) is 11.6 Å². The summed E-state index contributed by atoms with van der Waals surface area (Å²) in [5, 5.41) is 2.70. The molecular weight excluding hydrogens is 679 g/mol. The first-order chi connectivity index (χ1) is 24.3. The van der Waals surface area contributed by atoms with Crippen molar-refractivity contribution >= 4 is 37.9 Å². The Kier molecular flexibility index (Phi) is 13.8. The van der Waals surface area contributed by atoms with E-state index in [9.17, 15) is 14.4 Å². The van der Waals surface area contributed by atoms with E-state index in [1.165, 1.54) is 18.9 Å². The van der Waals surface area contributed by atoms with Crippen LogP contribution in [-0.4, -0.2) is 51.7 Å². The highest BCUT2D eigenvalue weighted by atomic mass is 32.2. The number of hydrogen-bond acceptors (Lipinski definition) is 8. The topological polar surface area (TPSA) is 100 Å². The standard InChI is InChI=1S/C41H49NO7SSi/c1-30-18-17-19-31(37(30)39(45)48-49-51(6,7)40(2,3)4)28-50-29-35(38(44)46-5)42-36(43)26-27-47-41(32-20-11-8-12-21-32,33-22-13-9-14-23-33)34-24-15-10-16-25-34/h8-25,35H,26-29H2,1-7H3,(H,42,43). The Balaban J connectivity index is 1.44. The van der Waals surface area contributed by atoms with Crippen molar-refractivity contribution in [1.82, 2.24) is 5.32 Å². The lowest BCUT2D eigenvalue weighted by Gasteiger charge is -2.36. The molecule has 0 fully saturated rings. The molecule has 1 atom stereocenters. The molecule has 0 bridgehead atoms. The minimum atomic E-state index is -2.33. The molecule has 4 rings (SSSR count). The molecule has 0 aliphatic rings. The quantitative estimate of drug-likeness (QED) is 0.0404. The number of aryl methyl sites for hydroxylation is 1. The second kappa shape index (κ2) is 17.8. The molecule has 0 aliphatic heterocycles. The second-order valence-electron chi connectivity index (χ2n) is 13.9. The zero-order chi connectivity index (χ0) is 37.1. The van der Waals surface area contributed by atoms with Crippen LogP contribution in [0.25, 0.3) is 0 Å². The number of rotatable bonds is 16. The molecule has 0 radical (unpaired) electrons. The van der Waals surface area contributed by atoms with Gasteiger partial charge in [0.2, 0.25) is 5.91 Å². The Morgan fingerprint density at radius 1 is 0.784 bits per heavy atom. The smallest absolute Gasteiger partial charge is 0.372 e. The number of benzene rings is 4. The summed E-state index contributed by atoms with van der Waals surface area (Å²) in [5.41, 5.74) is 3.74. The van der Waals surface area contributed by atoms with Gasteiger partial charge in [0.25, 0.3) is 8.32 Å². The van der Waals surface area contributed by atoms with Gasteiger partial charge < -0.3 is 19.7 Å². The predicted octanol–water partition coefficient (Wildman–Crippen LogP) is 8.38. The van der Waals surface area contributed by atoms with Crippen molar-refractivity contribution in [1.29, 1.82) is 0 Å². The highest BCUT2D eigenvalue weighted by Crippen LogP contribution is 2.40. The molecule has 0 aromatic heterocycles. The summed E-state index contributed by atoms with van der Waals surface area (Å²) in [6.45, 7) is 12.2. The average Bonchev–Trinajstić information content (AvgIpc) is 3.12. The summed E-state index contributed by atoms with van der Waals surface area (Å²) in [4.78, 5) is 44.7. The lowest BCUT2D eigenvalue weighted by atomic mass is 9.80. The lowest BCUT2D eigenvalue weighted by molar-refractivity contribution is -0.163. The van der Waals surface area contributed by atoms with E-state index in [4.69, 9.17) is 18.9 Å². The van der Waals surface area contributed by atoms with Gasteiger partial charge in [-0.15, -0.1) is 0 Å². The maximum Gasteiger partial charge on any atom is 0.372 e. The molecule has 8 nitrogen and oxygen atoms in total. The van der Waals surface area contributed by atoms with Gasteiger partial charge >= 0.3 is 11.9 Å². The summed E-state index contributed by atoms with van der Waals surface area (Å²) >= 11 is 1.40. The fourth-order valence-corrected chi connectivity index (χ4v) is 6.95. The molecular formula is C41H49NO7SSi. The zero-order valence-corrected chi connectivity index (χ0v) is 32.4. The first-order valence-electron chi connectivity index (χ1n) is 17.0. The van der Waals surface area contributed by atoms with E-state index in [0.29, 0.717) is 11.3 Å². The Morgan fingerprint density at radius 3 is 1.80 bits per heavy atom. The van der Waals surface area contributed by atoms with Crippen LogP contribution in [0.15, 0.2) is 109 Å². The van der Waals surface area contributed by atoms with Crippen LogP contribution in [0.2, 0.25) is 18.1 Å². The number of carbonyl (C=O) groups excluding carboxylic acids is 3. The Hall–Kier alpha value is -4.22. The van der Waals surface area contributed by atoms with Gasteiger partial charge in [0.15, 0.2) is 0 Å². The third-order valence-electron chi connectivity index (χ3n) is 9.25. The number of methoxy groups -OCH3 is 1. The number of hydrogen-bond donors (Lipinski definition) is 1. The van der Waals surface area contributed by atoms with E-state index in [1.807, 2.05) is 129 Å². The predicted molar refractivity (Wildman–Crippen MR) is 205 cm³/mol. The zero-order valence-electron chi connectivity index (χ0n) is 30.6. The Morgan fingerprint density at radius 2 is 1.31 bits per heavy atom. The van der Waals surface area contributed by atoms with Gasteiger partial charge in [0.05, 0.1) is 25.7 Å². The molecule has 1 unspecified atom stereocenters. The first kappa shape index (κ1) is 39.6. The van der Waals surface area contributed by atoms with Gasteiger partial charge in [-0.1, -0.05) is 130 Å². The molecule has 1 amide bonds. The van der Waals surface area contributed by atoms with E-state index in [2.05, 4.69) is 26.1 Å². The summed E-state index contributed by atoms with van der Waals surface area (Å²) < 4.78 is 17.5. The Bertz CT molecular complexity index is 1650. The van der Waals surface area contributed by atoms with Crippen LogP contribution in [0.4, 0.5) is 0 Å². The maximum absolute atomic E-state index is 13.3. The van der Waals surface area contributed by atoms with Gasteiger partial charge in [0, 0.05) is 11.5 Å². The van der Waals surface area contributed by atoms with Crippen LogP contribution in [0, 0.1) is 6.92 Å². The van der Waals surface area contributed by atoms with Crippen LogP contribution in [0.5, 0.6) is 0 Å². The van der Waals surface area contributed by atoms with Crippen LogP contribution < -0.4 is 5.32 Å². The number of amides is 1. The van der Waals surface area contributed by atoms with E-state index >= 15 is 0 Å². The molecule has 0 saturated carbocycles. The van der Waals surface area contributed by atoms with Crippen LogP contribution in [-0.2, 0) is 39.9 Å². The minimum absolute atomic E-state index is 0.00844. The molecule has 0 aliphatic carbocycles. The van der Waals surface area contributed by atoms with Crippen LogP contribution >= 0.6 is 11.8 Å². The second-order valence-corrected chi connectivity index (χ2v) is 19.6. The minimum Gasteiger partial charge on any atom is -0.467 e. The van der Waals surface area contributed by atoms with Crippen molar-refractivity contribution in [3.63, 3.8) is 0 Å². The molecule has 0 spiro atoms. The Labute approximate surface area is 307 Å². The van der Waals surface area contributed by atoms with E-state index in [0.717, 1.165) is 27.8 Å². The molecule has 10 heteroatoms. The largest absolute Gasteiger partial charge is 0.467 e. The highest BCUT2D eigenvalue weighted by molar-refractivity contribution is 7.98. The summed E-state index contributed by atoms with van der Waals surface area (Å²) in [6, 6.07) is 34.5. The molecule has 4 aromatic carbocycles. The molecule has 0 heterocycles. The maximum atomic E-state index is 13.3. The number of esters is 1. The fraction of sp³-hybridized carbons (Fsp3) is 0.341.